The molecule has 0 aliphatic heterocycles. The predicted octanol–water partition coefficient (Wildman–Crippen LogP) is -3.58. The van der Waals surface area contributed by atoms with E-state index in [1.807, 2.05) is 0 Å². The van der Waals surface area contributed by atoms with Gasteiger partial charge in [0.2, 0.25) is 0 Å². The van der Waals surface area contributed by atoms with Crippen molar-refractivity contribution in [3.63, 3.8) is 0 Å². The van der Waals surface area contributed by atoms with Crippen molar-refractivity contribution in [3.8, 4) is 0 Å². The van der Waals surface area contributed by atoms with Crippen LogP contribution in [0.2, 0.25) is 0 Å². The average Bonchev–Trinajstić information content (AvgIpc) is 1.99. The smallest absolute Gasteiger partial charge is 0.744 e. The molecule has 0 fully saturated rings. The minimum Gasteiger partial charge on any atom is -0.744 e. The molecule has 0 aromatic heterocycles. The summed E-state index contributed by atoms with van der Waals surface area (Å²) in [5, 5.41) is 0. The quantitative estimate of drug-likeness (QED) is 0.326. The molecule has 84 valence electrons. The second-order valence-corrected chi connectivity index (χ2v) is 5.47. The molecular weight excluding hydrogens is 285 g/mol. The largest absolute Gasteiger partial charge is 1.00 e. The maximum Gasteiger partial charge on any atom is 1.00 e. The summed E-state index contributed by atoms with van der Waals surface area (Å²) in [5.41, 5.74) is 4.92. The molecule has 0 amide bonds. The molecular formula is C6H6KNO6S2. The van der Waals surface area contributed by atoms with E-state index in [9.17, 15) is 21.4 Å². The number of nitrogen functional groups attached to an aromatic ring is 1. The van der Waals surface area contributed by atoms with Crippen LogP contribution in [0.4, 0.5) is 5.69 Å². The fourth-order valence-electron chi connectivity index (χ4n) is 0.887. The number of benzene rings is 1. The fraction of sp³-hybridized carbons (Fsp3) is 0. The topological polar surface area (TPSA) is 138 Å². The zero-order valence-electron chi connectivity index (χ0n) is 8.11. The molecule has 1 aromatic rings. The third-order valence-corrected chi connectivity index (χ3v) is 3.13. The maximum atomic E-state index is 10.7. The zero-order valence-corrected chi connectivity index (χ0v) is 12.9. The van der Waals surface area contributed by atoms with Gasteiger partial charge in [-0.05, 0) is 18.2 Å². The van der Waals surface area contributed by atoms with Gasteiger partial charge in [-0.25, -0.2) is 8.42 Å². The first-order valence-corrected chi connectivity index (χ1v) is 6.29. The Kier molecular flexibility index (Phi) is 5.57. The van der Waals surface area contributed by atoms with E-state index in [0.29, 0.717) is 6.07 Å². The zero-order chi connectivity index (χ0) is 11.9. The third kappa shape index (κ3) is 4.39. The van der Waals surface area contributed by atoms with Gasteiger partial charge < -0.3 is 10.3 Å². The summed E-state index contributed by atoms with van der Waals surface area (Å²) >= 11 is 0. The third-order valence-electron chi connectivity index (χ3n) is 1.49. The predicted molar refractivity (Wildman–Crippen MR) is 48.6 cm³/mol. The van der Waals surface area contributed by atoms with Gasteiger partial charge in [0.25, 0.3) is 10.1 Å². The summed E-state index contributed by atoms with van der Waals surface area (Å²) < 4.78 is 61.7. The molecule has 16 heavy (non-hydrogen) atoms. The Morgan fingerprint density at radius 3 is 1.88 bits per heavy atom. The molecule has 0 aliphatic rings. The number of anilines is 1. The van der Waals surface area contributed by atoms with Crippen molar-refractivity contribution in [2.24, 2.45) is 0 Å². The Morgan fingerprint density at radius 1 is 1.06 bits per heavy atom. The molecule has 1 aromatic carbocycles. The molecule has 0 saturated carbocycles. The van der Waals surface area contributed by atoms with Crippen molar-refractivity contribution in [1.82, 2.24) is 0 Å². The summed E-state index contributed by atoms with van der Waals surface area (Å²) in [5.74, 6) is 0. The van der Waals surface area contributed by atoms with Crippen molar-refractivity contribution in [3.05, 3.63) is 18.2 Å². The van der Waals surface area contributed by atoms with Crippen LogP contribution in [0.25, 0.3) is 0 Å². The van der Waals surface area contributed by atoms with Gasteiger partial charge in [-0.1, -0.05) is 0 Å². The van der Waals surface area contributed by atoms with Gasteiger partial charge in [0.1, 0.15) is 10.1 Å². The molecule has 10 heteroatoms. The van der Waals surface area contributed by atoms with E-state index in [-0.39, 0.29) is 57.1 Å². The average molecular weight is 291 g/mol. The van der Waals surface area contributed by atoms with E-state index >= 15 is 0 Å². The van der Waals surface area contributed by atoms with Gasteiger partial charge in [0.15, 0.2) is 0 Å². The monoisotopic (exact) mass is 291 g/mol. The Hall–Kier alpha value is 0.476. The van der Waals surface area contributed by atoms with Crippen LogP contribution in [0.1, 0.15) is 0 Å². The Morgan fingerprint density at radius 2 is 1.50 bits per heavy atom. The minimum absolute atomic E-state index is 0. The molecule has 0 aliphatic carbocycles. The van der Waals surface area contributed by atoms with E-state index in [4.69, 9.17) is 10.3 Å². The van der Waals surface area contributed by atoms with Gasteiger partial charge in [0, 0.05) is 5.69 Å². The number of hydrogen-bond donors (Lipinski definition) is 2. The molecule has 1 rings (SSSR count). The molecule has 0 atom stereocenters. The molecule has 0 spiro atoms. The van der Waals surface area contributed by atoms with E-state index in [0.717, 1.165) is 12.1 Å². The Labute approximate surface area is 135 Å². The summed E-state index contributed by atoms with van der Waals surface area (Å²) in [6.45, 7) is 0. The molecule has 0 saturated heterocycles. The van der Waals surface area contributed by atoms with Crippen molar-refractivity contribution >= 4 is 25.9 Å². The number of rotatable bonds is 2. The second-order valence-electron chi connectivity index (χ2n) is 2.67. The summed E-state index contributed by atoms with van der Waals surface area (Å²) in [6.07, 6.45) is 0. The maximum absolute atomic E-state index is 10.7. The molecule has 3 N–H and O–H groups in total. The van der Waals surface area contributed by atoms with E-state index < -0.39 is 30.0 Å². The van der Waals surface area contributed by atoms with Gasteiger partial charge in [-0.15, -0.1) is 0 Å². The van der Waals surface area contributed by atoms with Crippen LogP contribution in [0.3, 0.4) is 0 Å². The molecule has 0 radical (unpaired) electrons. The molecule has 0 heterocycles. The second kappa shape index (κ2) is 5.41. The van der Waals surface area contributed by atoms with Gasteiger partial charge >= 0.3 is 51.4 Å². The number of hydrogen-bond acceptors (Lipinski definition) is 6. The van der Waals surface area contributed by atoms with Crippen molar-refractivity contribution < 1.29 is 77.3 Å². The van der Waals surface area contributed by atoms with E-state index in [1.165, 1.54) is 0 Å². The SMILES string of the molecule is Nc1cc(S(=O)(=O)[O-])cc(S(=O)(=O)O)c1.[K+]. The van der Waals surface area contributed by atoms with Crippen LogP contribution in [-0.2, 0) is 20.2 Å². The van der Waals surface area contributed by atoms with Crippen LogP contribution >= 0.6 is 0 Å². The fourth-order valence-corrected chi connectivity index (χ4v) is 2.07. The molecule has 7 nitrogen and oxygen atoms in total. The summed E-state index contributed by atoms with van der Waals surface area (Å²) in [7, 11) is -9.41. The van der Waals surface area contributed by atoms with Crippen LogP contribution in [0, 0.1) is 0 Å². The first-order valence-electron chi connectivity index (χ1n) is 3.44. The van der Waals surface area contributed by atoms with Gasteiger partial charge in [-0.2, -0.15) is 8.42 Å². The van der Waals surface area contributed by atoms with Crippen molar-refractivity contribution in [2.45, 2.75) is 9.79 Å². The van der Waals surface area contributed by atoms with Crippen LogP contribution in [0.15, 0.2) is 28.0 Å². The van der Waals surface area contributed by atoms with E-state index in [2.05, 4.69) is 0 Å². The normalized spacial score (nSPS) is 11.9. The standard InChI is InChI=1S/C6H7NO6S2.K/c7-4-1-5(14(8,9)10)3-6(2-4)15(11,12)13;/h1-3H,7H2,(H,8,9,10)(H,11,12,13);/q;+1/p-1. The van der Waals surface area contributed by atoms with Gasteiger partial charge in [0.05, 0.1) is 9.79 Å². The van der Waals surface area contributed by atoms with Crippen LogP contribution in [-0.4, -0.2) is 25.9 Å². The minimum atomic E-state index is -4.81. The molecule has 0 bridgehead atoms. The van der Waals surface area contributed by atoms with Crippen molar-refractivity contribution in [1.29, 1.82) is 0 Å². The van der Waals surface area contributed by atoms with Crippen LogP contribution < -0.4 is 57.1 Å². The van der Waals surface area contributed by atoms with Gasteiger partial charge in [-0.3, -0.25) is 4.55 Å². The van der Waals surface area contributed by atoms with Crippen LogP contribution in [0.5, 0.6) is 0 Å². The Bertz CT molecular complexity index is 543. The summed E-state index contributed by atoms with van der Waals surface area (Å²) in [4.78, 5) is -1.55. The Balaban J connectivity index is 0.00000225. The van der Waals surface area contributed by atoms with E-state index in [1.54, 1.807) is 0 Å². The summed E-state index contributed by atoms with van der Waals surface area (Å²) in [6, 6.07) is 2.18. The first kappa shape index (κ1) is 16.5. The number of nitrogens with two attached hydrogens (primary N) is 1. The molecule has 0 unspecified atom stereocenters. The first-order chi connectivity index (χ1) is 6.60. The van der Waals surface area contributed by atoms with Crippen molar-refractivity contribution in [2.75, 3.05) is 5.73 Å².